The summed E-state index contributed by atoms with van der Waals surface area (Å²) in [6, 6.07) is 13.5. The first-order valence-electron chi connectivity index (χ1n) is 10.6. The van der Waals surface area contributed by atoms with Gasteiger partial charge < -0.3 is 25.3 Å². The Morgan fingerprint density at radius 2 is 1.84 bits per heavy atom. The average molecular weight is 424 g/mol. The van der Waals surface area contributed by atoms with Crippen LogP contribution in [-0.2, 0) is 0 Å². The summed E-state index contributed by atoms with van der Waals surface area (Å²) in [6.45, 7) is 2.51. The fraction of sp³-hybridized carbons (Fsp3) is 0.391. The highest BCUT2D eigenvalue weighted by molar-refractivity contribution is 5.93. The van der Waals surface area contributed by atoms with Crippen molar-refractivity contribution in [3.8, 4) is 16.9 Å². The van der Waals surface area contributed by atoms with Crippen LogP contribution < -0.4 is 16.2 Å². The summed E-state index contributed by atoms with van der Waals surface area (Å²) in [7, 11) is 4.02. The van der Waals surface area contributed by atoms with E-state index in [0.29, 0.717) is 32.5 Å². The second kappa shape index (κ2) is 8.85. The topological polar surface area (TPSA) is 96.6 Å². The van der Waals surface area contributed by atoms with Gasteiger partial charge in [0.1, 0.15) is 12.4 Å². The van der Waals surface area contributed by atoms with Gasteiger partial charge in [-0.2, -0.15) is 0 Å². The SMILES string of the molecule is CN(C)CCOc1ccccc1-c1cccc2c1[nH]c(=O)n2C1CCN(C(N)=O)CC1. The smallest absolute Gasteiger partial charge is 0.326 e. The average Bonchev–Trinajstić information content (AvgIpc) is 3.10. The number of urea groups is 1. The fourth-order valence-electron chi connectivity index (χ4n) is 4.23. The lowest BCUT2D eigenvalue weighted by Crippen LogP contribution is -2.43. The molecule has 0 spiro atoms. The Hall–Kier alpha value is -3.26. The molecule has 0 atom stereocenters. The summed E-state index contributed by atoms with van der Waals surface area (Å²) < 4.78 is 7.88. The van der Waals surface area contributed by atoms with E-state index < -0.39 is 6.03 Å². The van der Waals surface area contributed by atoms with Crippen molar-refractivity contribution < 1.29 is 9.53 Å². The number of hydrogen-bond donors (Lipinski definition) is 2. The van der Waals surface area contributed by atoms with Gasteiger partial charge in [0.25, 0.3) is 0 Å². The predicted molar refractivity (Wildman–Crippen MR) is 121 cm³/mol. The molecule has 0 unspecified atom stereocenters. The number of likely N-dealkylation sites (tertiary alicyclic amines) is 1. The number of likely N-dealkylation sites (N-methyl/N-ethyl adjacent to an activating group) is 1. The first-order chi connectivity index (χ1) is 15.0. The summed E-state index contributed by atoms with van der Waals surface area (Å²) in [5, 5.41) is 0. The third kappa shape index (κ3) is 4.29. The molecular formula is C23H29N5O3. The number of carbonyl (C=O) groups excluding carboxylic acids is 1. The van der Waals surface area contributed by atoms with Crippen molar-refractivity contribution in [3.63, 3.8) is 0 Å². The Bertz CT molecular complexity index is 1130. The van der Waals surface area contributed by atoms with Gasteiger partial charge in [-0.25, -0.2) is 9.59 Å². The number of para-hydroxylation sites is 2. The molecule has 3 N–H and O–H groups in total. The van der Waals surface area contributed by atoms with Crippen LogP contribution in [0.15, 0.2) is 47.3 Å². The Labute approximate surface area is 181 Å². The molecule has 0 saturated carbocycles. The quantitative estimate of drug-likeness (QED) is 0.637. The highest BCUT2D eigenvalue weighted by Crippen LogP contribution is 2.35. The standard InChI is InChI=1S/C23H29N5O3/c1-26(2)14-15-31-20-9-4-3-6-17(20)18-7-5-8-19-21(18)25-23(30)28(19)16-10-12-27(13-11-16)22(24)29/h3-9,16H,10-15H2,1-2H3,(H2,24,29)(H,25,30). The van der Waals surface area contributed by atoms with Gasteiger partial charge in [0.2, 0.25) is 0 Å². The van der Waals surface area contributed by atoms with E-state index in [1.165, 1.54) is 0 Å². The molecule has 164 valence electrons. The minimum atomic E-state index is -0.405. The van der Waals surface area contributed by atoms with Crippen molar-refractivity contribution in [2.24, 2.45) is 5.73 Å². The summed E-state index contributed by atoms with van der Waals surface area (Å²) in [5.74, 6) is 0.792. The number of nitrogens with zero attached hydrogens (tertiary/aromatic N) is 3. The van der Waals surface area contributed by atoms with Crippen LogP contribution in [0.25, 0.3) is 22.2 Å². The number of benzene rings is 2. The lowest BCUT2D eigenvalue weighted by atomic mass is 10.0. The number of aromatic nitrogens is 2. The van der Waals surface area contributed by atoms with Crippen LogP contribution in [-0.4, -0.2) is 65.7 Å². The molecule has 3 aromatic rings. The number of fused-ring (bicyclic) bond motifs is 1. The molecule has 1 fully saturated rings. The van der Waals surface area contributed by atoms with Crippen molar-refractivity contribution in [1.82, 2.24) is 19.4 Å². The Morgan fingerprint density at radius 3 is 2.55 bits per heavy atom. The molecule has 1 aliphatic heterocycles. The number of ether oxygens (including phenoxy) is 1. The molecule has 8 nitrogen and oxygen atoms in total. The van der Waals surface area contributed by atoms with E-state index in [9.17, 15) is 9.59 Å². The lowest BCUT2D eigenvalue weighted by Gasteiger charge is -2.31. The van der Waals surface area contributed by atoms with Crippen molar-refractivity contribution in [1.29, 1.82) is 0 Å². The zero-order valence-electron chi connectivity index (χ0n) is 18.0. The zero-order chi connectivity index (χ0) is 22.0. The van der Waals surface area contributed by atoms with Gasteiger partial charge in [0.05, 0.1) is 11.0 Å². The van der Waals surface area contributed by atoms with Gasteiger partial charge in [0, 0.05) is 36.8 Å². The van der Waals surface area contributed by atoms with Gasteiger partial charge in [-0.15, -0.1) is 0 Å². The first-order valence-corrected chi connectivity index (χ1v) is 10.6. The Kier molecular flexibility index (Phi) is 5.99. The van der Waals surface area contributed by atoms with Crippen LogP contribution in [0.5, 0.6) is 5.75 Å². The molecule has 2 heterocycles. The summed E-state index contributed by atoms with van der Waals surface area (Å²) >= 11 is 0. The molecule has 4 rings (SSSR count). The molecule has 31 heavy (non-hydrogen) atoms. The number of H-pyrrole nitrogens is 1. The number of carbonyl (C=O) groups is 1. The third-order valence-corrected chi connectivity index (χ3v) is 5.87. The second-order valence-electron chi connectivity index (χ2n) is 8.20. The van der Waals surface area contributed by atoms with Crippen molar-refractivity contribution in [2.45, 2.75) is 18.9 Å². The first kappa shape index (κ1) is 21.0. The number of amides is 2. The molecule has 2 aromatic carbocycles. The number of nitrogens with two attached hydrogens (primary N) is 1. The minimum Gasteiger partial charge on any atom is -0.492 e. The van der Waals surface area contributed by atoms with Gasteiger partial charge >= 0.3 is 11.7 Å². The van der Waals surface area contributed by atoms with Crippen molar-refractivity contribution in [3.05, 3.63) is 52.9 Å². The number of rotatable bonds is 6. The van der Waals surface area contributed by atoms with E-state index >= 15 is 0 Å². The van der Waals surface area contributed by atoms with Crippen molar-refractivity contribution >= 4 is 17.1 Å². The number of primary amides is 1. The van der Waals surface area contributed by atoms with E-state index in [1.807, 2.05) is 61.1 Å². The molecule has 8 heteroatoms. The minimum absolute atomic E-state index is 0.0266. The monoisotopic (exact) mass is 423 g/mol. The zero-order valence-corrected chi connectivity index (χ0v) is 18.0. The maximum absolute atomic E-state index is 12.9. The third-order valence-electron chi connectivity index (χ3n) is 5.87. The molecule has 1 aliphatic rings. The number of hydrogen-bond acceptors (Lipinski definition) is 4. The maximum atomic E-state index is 12.9. The van der Waals surface area contributed by atoms with Crippen LogP contribution in [0.4, 0.5) is 4.79 Å². The molecule has 1 aromatic heterocycles. The maximum Gasteiger partial charge on any atom is 0.326 e. The van der Waals surface area contributed by atoms with E-state index in [1.54, 1.807) is 4.90 Å². The van der Waals surface area contributed by atoms with Crippen LogP contribution in [0.3, 0.4) is 0 Å². The van der Waals surface area contributed by atoms with Crippen LogP contribution in [0.1, 0.15) is 18.9 Å². The van der Waals surface area contributed by atoms with Gasteiger partial charge in [0.15, 0.2) is 0 Å². The molecule has 0 radical (unpaired) electrons. The normalized spacial score (nSPS) is 15.0. The van der Waals surface area contributed by atoms with E-state index in [0.717, 1.165) is 34.5 Å². The number of piperidine rings is 1. The molecule has 0 aliphatic carbocycles. The van der Waals surface area contributed by atoms with Crippen LogP contribution >= 0.6 is 0 Å². The predicted octanol–water partition coefficient (Wildman–Crippen LogP) is 2.65. The Morgan fingerprint density at radius 1 is 1.13 bits per heavy atom. The fourth-order valence-corrected chi connectivity index (χ4v) is 4.23. The van der Waals surface area contributed by atoms with Crippen molar-refractivity contribution in [2.75, 3.05) is 40.3 Å². The molecule has 1 saturated heterocycles. The van der Waals surface area contributed by atoms with Gasteiger partial charge in [-0.05, 0) is 39.1 Å². The highest BCUT2D eigenvalue weighted by Gasteiger charge is 2.25. The van der Waals surface area contributed by atoms with E-state index in [4.69, 9.17) is 10.5 Å². The second-order valence-corrected chi connectivity index (χ2v) is 8.20. The van der Waals surface area contributed by atoms with Crippen LogP contribution in [0.2, 0.25) is 0 Å². The number of nitrogens with one attached hydrogen (secondary N) is 1. The Balaban J connectivity index is 1.69. The molecule has 2 amide bonds. The summed E-state index contributed by atoms with van der Waals surface area (Å²) in [4.78, 5) is 31.1. The lowest BCUT2D eigenvalue weighted by molar-refractivity contribution is 0.180. The van der Waals surface area contributed by atoms with E-state index in [2.05, 4.69) is 9.88 Å². The number of imidazole rings is 1. The summed E-state index contributed by atoms with van der Waals surface area (Å²) in [5.41, 5.74) is 8.81. The molecule has 0 bridgehead atoms. The summed E-state index contributed by atoms with van der Waals surface area (Å²) in [6.07, 6.45) is 1.40. The van der Waals surface area contributed by atoms with Crippen LogP contribution in [0, 0.1) is 0 Å². The highest BCUT2D eigenvalue weighted by atomic mass is 16.5. The molecular weight excluding hydrogens is 394 g/mol. The number of aromatic amines is 1. The van der Waals surface area contributed by atoms with Gasteiger partial charge in [-0.3, -0.25) is 4.57 Å². The van der Waals surface area contributed by atoms with E-state index in [-0.39, 0.29) is 11.7 Å². The largest absolute Gasteiger partial charge is 0.492 e. The van der Waals surface area contributed by atoms with Gasteiger partial charge in [-0.1, -0.05) is 30.3 Å².